The lowest BCUT2D eigenvalue weighted by molar-refractivity contribution is -0.119. The minimum absolute atomic E-state index is 0.0263. The van der Waals surface area contributed by atoms with Gasteiger partial charge in [0.25, 0.3) is 5.91 Å². The van der Waals surface area contributed by atoms with Crippen LogP contribution in [0.4, 0.5) is 5.69 Å². The predicted octanol–water partition coefficient (Wildman–Crippen LogP) is 4.33. The van der Waals surface area contributed by atoms with Gasteiger partial charge in [-0.3, -0.25) is 4.79 Å². The van der Waals surface area contributed by atoms with Crippen molar-refractivity contribution >= 4 is 73.2 Å². The second-order valence-electron chi connectivity index (χ2n) is 6.80. The van der Waals surface area contributed by atoms with Gasteiger partial charge in [0.2, 0.25) is 0 Å². The summed E-state index contributed by atoms with van der Waals surface area (Å²) in [6.45, 7) is -0.262. The van der Waals surface area contributed by atoms with Gasteiger partial charge >= 0.3 is 0 Å². The molecule has 0 spiro atoms. The lowest BCUT2D eigenvalue weighted by atomic mass is 10.2. The zero-order valence-electron chi connectivity index (χ0n) is 15.3. The fourth-order valence-electron chi connectivity index (χ4n) is 3.34. The highest BCUT2D eigenvalue weighted by Crippen LogP contribution is 2.43. The number of ether oxygens (including phenoxy) is 1. The summed E-state index contributed by atoms with van der Waals surface area (Å²) >= 11 is 19.5. The smallest absolute Gasteiger partial charge is 0.285 e. The molecule has 2 fully saturated rings. The summed E-state index contributed by atoms with van der Waals surface area (Å²) in [4.78, 5) is 18.4. The number of hydrogen-bond donors (Lipinski definition) is 0. The van der Waals surface area contributed by atoms with Crippen molar-refractivity contribution in [1.29, 1.82) is 0 Å². The van der Waals surface area contributed by atoms with E-state index in [9.17, 15) is 13.2 Å². The molecule has 158 valence electrons. The number of amidine groups is 1. The maximum atomic E-state index is 12.5. The van der Waals surface area contributed by atoms with Gasteiger partial charge in [0, 0.05) is 15.3 Å². The third-order valence-electron chi connectivity index (χ3n) is 4.63. The van der Waals surface area contributed by atoms with E-state index >= 15 is 0 Å². The first-order valence-corrected chi connectivity index (χ1v) is 12.7. The summed E-state index contributed by atoms with van der Waals surface area (Å²) in [5.41, 5.74) is 0.559. The molecule has 6 nitrogen and oxygen atoms in total. The van der Waals surface area contributed by atoms with Crippen LogP contribution in [0.5, 0.6) is 5.75 Å². The third kappa shape index (κ3) is 4.73. The topological polar surface area (TPSA) is 76.0 Å². The first-order chi connectivity index (χ1) is 14.2. The van der Waals surface area contributed by atoms with Crippen LogP contribution in [0.25, 0.3) is 0 Å². The molecule has 2 saturated heterocycles. The Labute approximate surface area is 193 Å². The summed E-state index contributed by atoms with van der Waals surface area (Å²) in [6.07, 6.45) is 0. The standard InChI is InChI=1S/C19H15Cl3N2O4S2/c20-11-1-4-13(5-2-11)28-8-18(25)23-19-24(15-6-3-12(21)7-14(15)22)16-9-30(26,27)10-17(16)29-19/h1-7,16-17H,8-10H2/t16-,17+/m1/s1. The molecule has 0 saturated carbocycles. The Balaban J connectivity index is 1.58. The molecule has 2 aromatic carbocycles. The maximum Gasteiger partial charge on any atom is 0.285 e. The normalized spacial score (nSPS) is 23.6. The maximum absolute atomic E-state index is 12.5. The van der Waals surface area contributed by atoms with Crippen LogP contribution in [0.3, 0.4) is 0 Å². The Kier molecular flexibility index (Phi) is 6.23. The first kappa shape index (κ1) is 21.8. The van der Waals surface area contributed by atoms with Crippen LogP contribution in [-0.2, 0) is 14.6 Å². The van der Waals surface area contributed by atoms with Crippen molar-refractivity contribution in [3.63, 3.8) is 0 Å². The molecule has 30 heavy (non-hydrogen) atoms. The molecule has 2 aromatic rings. The first-order valence-electron chi connectivity index (χ1n) is 8.83. The van der Waals surface area contributed by atoms with Crippen molar-refractivity contribution in [3.8, 4) is 5.75 Å². The predicted molar refractivity (Wildman–Crippen MR) is 122 cm³/mol. The number of sulfone groups is 1. The molecule has 2 atom stereocenters. The van der Waals surface area contributed by atoms with Crippen molar-refractivity contribution in [1.82, 2.24) is 0 Å². The number of aliphatic imine (C=N–C) groups is 1. The Bertz CT molecular complexity index is 1120. The number of anilines is 1. The fraction of sp³-hybridized carbons (Fsp3) is 0.263. The number of thioether (sulfide) groups is 1. The molecule has 2 aliphatic heterocycles. The van der Waals surface area contributed by atoms with Gasteiger partial charge in [0.15, 0.2) is 21.6 Å². The number of hydrogen-bond acceptors (Lipinski definition) is 5. The molecular weight excluding hydrogens is 491 g/mol. The Morgan fingerprint density at radius 2 is 1.80 bits per heavy atom. The van der Waals surface area contributed by atoms with Crippen LogP contribution in [0.1, 0.15) is 0 Å². The van der Waals surface area contributed by atoms with Gasteiger partial charge in [-0.25, -0.2) is 8.42 Å². The lowest BCUT2D eigenvalue weighted by Gasteiger charge is -2.25. The molecule has 2 heterocycles. The molecule has 1 amide bonds. The van der Waals surface area contributed by atoms with Crippen LogP contribution >= 0.6 is 46.6 Å². The number of rotatable bonds is 4. The zero-order valence-corrected chi connectivity index (χ0v) is 19.2. The fourth-order valence-corrected chi connectivity index (χ4v) is 7.89. The highest BCUT2D eigenvalue weighted by molar-refractivity contribution is 8.16. The summed E-state index contributed by atoms with van der Waals surface area (Å²) in [5.74, 6) is -0.00523. The van der Waals surface area contributed by atoms with E-state index in [1.54, 1.807) is 47.4 Å². The highest BCUT2D eigenvalue weighted by Gasteiger charge is 2.49. The zero-order chi connectivity index (χ0) is 21.5. The van der Waals surface area contributed by atoms with Crippen molar-refractivity contribution < 1.29 is 17.9 Å². The van der Waals surface area contributed by atoms with E-state index in [1.807, 2.05) is 0 Å². The average Bonchev–Trinajstić information content (AvgIpc) is 3.13. The number of amides is 1. The molecule has 4 rings (SSSR count). The van der Waals surface area contributed by atoms with Crippen LogP contribution in [-0.4, -0.2) is 48.9 Å². The third-order valence-corrected chi connectivity index (χ3v) is 8.63. The van der Waals surface area contributed by atoms with E-state index in [0.29, 0.717) is 31.7 Å². The van der Waals surface area contributed by atoms with Gasteiger partial charge < -0.3 is 9.64 Å². The Morgan fingerprint density at radius 3 is 2.50 bits per heavy atom. The summed E-state index contributed by atoms with van der Waals surface area (Å²) in [5, 5.41) is 1.54. The molecule has 0 radical (unpaired) electrons. The van der Waals surface area contributed by atoms with Gasteiger partial charge in [-0.2, -0.15) is 4.99 Å². The SMILES string of the molecule is O=C(COc1ccc(Cl)cc1)N=C1S[C@H]2CS(=O)(=O)C[C@H]2N1c1ccc(Cl)cc1Cl. The van der Waals surface area contributed by atoms with E-state index < -0.39 is 15.7 Å². The van der Waals surface area contributed by atoms with Crippen LogP contribution in [0.2, 0.25) is 15.1 Å². The number of carbonyl (C=O) groups is 1. The highest BCUT2D eigenvalue weighted by atomic mass is 35.5. The van der Waals surface area contributed by atoms with E-state index in [0.717, 1.165) is 0 Å². The molecule has 0 bridgehead atoms. The molecule has 0 unspecified atom stereocenters. The largest absolute Gasteiger partial charge is 0.484 e. The van der Waals surface area contributed by atoms with E-state index in [2.05, 4.69) is 4.99 Å². The monoisotopic (exact) mass is 504 g/mol. The number of carbonyl (C=O) groups excluding carboxylic acids is 1. The van der Waals surface area contributed by atoms with Crippen LogP contribution in [0, 0.1) is 0 Å². The molecule has 0 N–H and O–H groups in total. The van der Waals surface area contributed by atoms with Gasteiger partial charge in [0.1, 0.15) is 5.75 Å². The molecule has 0 aliphatic carbocycles. The number of nitrogens with zero attached hydrogens (tertiary/aromatic N) is 2. The van der Waals surface area contributed by atoms with Crippen LogP contribution < -0.4 is 9.64 Å². The molecule has 0 aromatic heterocycles. The van der Waals surface area contributed by atoms with Gasteiger partial charge in [-0.05, 0) is 42.5 Å². The summed E-state index contributed by atoms with van der Waals surface area (Å²) in [7, 11) is -3.18. The number of fused-ring (bicyclic) bond motifs is 1. The van der Waals surface area contributed by atoms with Crippen molar-refractivity contribution in [2.75, 3.05) is 23.0 Å². The average molecular weight is 506 g/mol. The molecular formula is C19H15Cl3N2O4S2. The Hall–Kier alpha value is -1.45. The van der Waals surface area contributed by atoms with E-state index in [1.165, 1.54) is 11.8 Å². The second kappa shape index (κ2) is 8.59. The van der Waals surface area contributed by atoms with Crippen molar-refractivity contribution in [2.24, 2.45) is 4.99 Å². The lowest BCUT2D eigenvalue weighted by Crippen LogP contribution is -2.38. The second-order valence-corrected chi connectivity index (χ2v) is 11.4. The van der Waals surface area contributed by atoms with E-state index in [4.69, 9.17) is 39.5 Å². The summed E-state index contributed by atoms with van der Waals surface area (Å²) < 4.78 is 29.7. The number of benzene rings is 2. The molecule has 2 aliphatic rings. The van der Waals surface area contributed by atoms with Gasteiger partial charge in [-0.1, -0.05) is 46.6 Å². The van der Waals surface area contributed by atoms with E-state index in [-0.39, 0.29) is 29.4 Å². The van der Waals surface area contributed by atoms with Crippen molar-refractivity contribution in [2.45, 2.75) is 11.3 Å². The minimum atomic E-state index is -3.18. The number of halogens is 3. The Morgan fingerprint density at radius 1 is 1.10 bits per heavy atom. The molecule has 11 heteroatoms. The van der Waals surface area contributed by atoms with Gasteiger partial charge in [0.05, 0.1) is 28.3 Å². The van der Waals surface area contributed by atoms with Crippen molar-refractivity contribution in [3.05, 3.63) is 57.5 Å². The van der Waals surface area contributed by atoms with Gasteiger partial charge in [-0.15, -0.1) is 0 Å². The van der Waals surface area contributed by atoms with Crippen LogP contribution in [0.15, 0.2) is 47.5 Å². The quantitative estimate of drug-likeness (QED) is 0.616. The minimum Gasteiger partial charge on any atom is -0.484 e. The summed E-state index contributed by atoms with van der Waals surface area (Å²) in [6, 6.07) is 11.2.